The van der Waals surface area contributed by atoms with E-state index in [1.165, 1.54) is 19.3 Å². The Bertz CT molecular complexity index is 377. The molecule has 4 heteroatoms. The molecule has 1 fully saturated rings. The molecule has 2 N–H and O–H groups in total. The van der Waals surface area contributed by atoms with Crippen molar-refractivity contribution in [3.63, 3.8) is 0 Å². The number of pyridine rings is 1. The van der Waals surface area contributed by atoms with Crippen molar-refractivity contribution in [3.8, 4) is 0 Å². The first-order valence-electron chi connectivity index (χ1n) is 6.32. The third-order valence-corrected chi connectivity index (χ3v) is 3.85. The first kappa shape index (κ1) is 12.7. The van der Waals surface area contributed by atoms with Gasteiger partial charge in [-0.3, -0.25) is 4.90 Å². The molecule has 2 rings (SSSR count). The zero-order valence-electron chi connectivity index (χ0n) is 10.3. The average Bonchev–Trinajstić information content (AvgIpc) is 2.26. The second-order valence-corrected chi connectivity index (χ2v) is 5.20. The number of anilines is 1. The van der Waals surface area contributed by atoms with Crippen LogP contribution < -0.4 is 5.73 Å². The molecule has 1 aliphatic carbocycles. The molecule has 3 nitrogen and oxygen atoms in total. The van der Waals surface area contributed by atoms with Crippen LogP contribution in [0.15, 0.2) is 12.1 Å². The van der Waals surface area contributed by atoms with Crippen molar-refractivity contribution < 1.29 is 0 Å². The maximum Gasteiger partial charge on any atom is 0.123 e. The van der Waals surface area contributed by atoms with Crippen molar-refractivity contribution >= 4 is 17.4 Å². The Morgan fingerprint density at radius 2 is 2.24 bits per heavy atom. The molecule has 0 saturated heterocycles. The predicted octanol–water partition coefficient (Wildman–Crippen LogP) is 2.94. The maximum absolute atomic E-state index is 6.14. The van der Waals surface area contributed by atoms with E-state index in [1.54, 1.807) is 6.07 Å². The van der Waals surface area contributed by atoms with Crippen LogP contribution in [0, 0.1) is 5.92 Å². The zero-order chi connectivity index (χ0) is 12.3. The standard InChI is InChI=1S/C13H20ClN3/c1-2-17(8-10-4-3-5-10)9-12-11(14)6-7-13(15)16-12/h6-7,10H,2-5,8-9H2,1H3,(H2,15,16). The van der Waals surface area contributed by atoms with Gasteiger partial charge in [-0.15, -0.1) is 0 Å². The van der Waals surface area contributed by atoms with Crippen LogP contribution in [0.1, 0.15) is 31.9 Å². The third kappa shape index (κ3) is 3.33. The SMILES string of the molecule is CCN(Cc1nc(N)ccc1Cl)CC1CCC1. The van der Waals surface area contributed by atoms with E-state index in [0.717, 1.165) is 31.2 Å². The van der Waals surface area contributed by atoms with E-state index in [1.807, 2.05) is 6.07 Å². The van der Waals surface area contributed by atoms with Gasteiger partial charge in [0.05, 0.1) is 10.7 Å². The van der Waals surface area contributed by atoms with Crippen LogP contribution in [-0.4, -0.2) is 23.0 Å². The number of rotatable bonds is 5. The summed E-state index contributed by atoms with van der Waals surface area (Å²) in [4.78, 5) is 6.72. The molecule has 1 aromatic rings. The highest BCUT2D eigenvalue weighted by Crippen LogP contribution is 2.28. The van der Waals surface area contributed by atoms with Crippen molar-refractivity contribution in [2.45, 2.75) is 32.7 Å². The highest BCUT2D eigenvalue weighted by molar-refractivity contribution is 6.31. The van der Waals surface area contributed by atoms with E-state index in [2.05, 4.69) is 16.8 Å². The number of nitrogens with two attached hydrogens (primary N) is 1. The minimum atomic E-state index is 0.545. The van der Waals surface area contributed by atoms with E-state index >= 15 is 0 Å². The fourth-order valence-corrected chi connectivity index (χ4v) is 2.33. The smallest absolute Gasteiger partial charge is 0.123 e. The molecule has 94 valence electrons. The highest BCUT2D eigenvalue weighted by Gasteiger charge is 2.20. The molecule has 0 aliphatic heterocycles. The number of hydrogen-bond donors (Lipinski definition) is 1. The van der Waals surface area contributed by atoms with Crippen LogP contribution in [0.4, 0.5) is 5.82 Å². The van der Waals surface area contributed by atoms with Gasteiger partial charge < -0.3 is 5.73 Å². The fraction of sp³-hybridized carbons (Fsp3) is 0.615. The Morgan fingerprint density at radius 3 is 2.82 bits per heavy atom. The van der Waals surface area contributed by atoms with E-state index in [9.17, 15) is 0 Å². The maximum atomic E-state index is 6.14. The van der Waals surface area contributed by atoms with Crippen LogP contribution in [0.25, 0.3) is 0 Å². The van der Waals surface area contributed by atoms with E-state index in [4.69, 9.17) is 17.3 Å². The number of nitrogen functional groups attached to an aromatic ring is 1. The Kier molecular flexibility index (Phi) is 4.24. The van der Waals surface area contributed by atoms with Crippen molar-refractivity contribution in [1.29, 1.82) is 0 Å². The van der Waals surface area contributed by atoms with Gasteiger partial charge in [-0.05, 0) is 37.4 Å². The van der Waals surface area contributed by atoms with Gasteiger partial charge in [0.25, 0.3) is 0 Å². The molecule has 1 saturated carbocycles. The van der Waals surface area contributed by atoms with Crippen molar-refractivity contribution in [2.75, 3.05) is 18.8 Å². The predicted molar refractivity (Wildman–Crippen MR) is 72.0 cm³/mol. The summed E-state index contributed by atoms with van der Waals surface area (Å²) >= 11 is 6.14. The van der Waals surface area contributed by atoms with Crippen molar-refractivity contribution in [2.24, 2.45) is 5.92 Å². The fourth-order valence-electron chi connectivity index (χ4n) is 2.17. The van der Waals surface area contributed by atoms with Gasteiger partial charge in [-0.25, -0.2) is 4.98 Å². The summed E-state index contributed by atoms with van der Waals surface area (Å²) in [6, 6.07) is 3.57. The van der Waals surface area contributed by atoms with Crippen molar-refractivity contribution in [3.05, 3.63) is 22.8 Å². The molecule has 1 aromatic heterocycles. The highest BCUT2D eigenvalue weighted by atomic mass is 35.5. The van der Waals surface area contributed by atoms with Crippen LogP contribution in [0.5, 0.6) is 0 Å². The van der Waals surface area contributed by atoms with Gasteiger partial charge in [0.2, 0.25) is 0 Å². The third-order valence-electron chi connectivity index (χ3n) is 3.50. The molecule has 1 heterocycles. The van der Waals surface area contributed by atoms with Gasteiger partial charge in [0, 0.05) is 13.1 Å². The molecule has 17 heavy (non-hydrogen) atoms. The molecule has 1 aliphatic rings. The summed E-state index contributed by atoms with van der Waals surface area (Å²) in [7, 11) is 0. The lowest BCUT2D eigenvalue weighted by Crippen LogP contribution is -2.32. The molecular weight excluding hydrogens is 234 g/mol. The molecule has 0 radical (unpaired) electrons. The van der Waals surface area contributed by atoms with Crippen LogP contribution in [-0.2, 0) is 6.54 Å². The Labute approximate surface area is 108 Å². The summed E-state index contributed by atoms with van der Waals surface area (Å²) in [5, 5.41) is 0.714. The first-order chi connectivity index (χ1) is 8.19. The quantitative estimate of drug-likeness (QED) is 0.877. The van der Waals surface area contributed by atoms with E-state index in [-0.39, 0.29) is 0 Å². The lowest BCUT2D eigenvalue weighted by Gasteiger charge is -2.31. The van der Waals surface area contributed by atoms with E-state index < -0.39 is 0 Å². The first-order valence-corrected chi connectivity index (χ1v) is 6.70. The number of halogens is 1. The molecule has 0 bridgehead atoms. The van der Waals surface area contributed by atoms with Gasteiger partial charge >= 0.3 is 0 Å². The molecule has 0 spiro atoms. The Balaban J connectivity index is 1.98. The van der Waals surface area contributed by atoms with Gasteiger partial charge in [-0.2, -0.15) is 0 Å². The monoisotopic (exact) mass is 253 g/mol. The van der Waals surface area contributed by atoms with E-state index in [0.29, 0.717) is 10.8 Å². The Morgan fingerprint density at radius 1 is 1.47 bits per heavy atom. The average molecular weight is 254 g/mol. The topological polar surface area (TPSA) is 42.2 Å². The lowest BCUT2D eigenvalue weighted by atomic mass is 9.85. The summed E-state index contributed by atoms with van der Waals surface area (Å²) in [5.74, 6) is 1.42. The summed E-state index contributed by atoms with van der Waals surface area (Å²) in [5.41, 5.74) is 6.59. The summed E-state index contributed by atoms with van der Waals surface area (Å²) in [6.07, 6.45) is 4.13. The normalized spacial score (nSPS) is 16.2. The zero-order valence-corrected chi connectivity index (χ0v) is 11.1. The van der Waals surface area contributed by atoms with Crippen molar-refractivity contribution in [1.82, 2.24) is 9.88 Å². The minimum Gasteiger partial charge on any atom is -0.384 e. The molecule has 0 amide bonds. The van der Waals surface area contributed by atoms with Gasteiger partial charge in [-0.1, -0.05) is 24.9 Å². The number of hydrogen-bond acceptors (Lipinski definition) is 3. The lowest BCUT2D eigenvalue weighted by molar-refractivity contribution is 0.177. The van der Waals surface area contributed by atoms with Crippen LogP contribution in [0.2, 0.25) is 5.02 Å². The molecule has 0 atom stereocenters. The number of aromatic nitrogens is 1. The second kappa shape index (κ2) is 5.69. The molecule has 0 unspecified atom stereocenters. The second-order valence-electron chi connectivity index (χ2n) is 4.79. The van der Waals surface area contributed by atoms with Gasteiger partial charge in [0.1, 0.15) is 5.82 Å². The molecule has 0 aromatic carbocycles. The summed E-state index contributed by atoms with van der Waals surface area (Å²) < 4.78 is 0. The minimum absolute atomic E-state index is 0.545. The number of nitrogens with zero attached hydrogens (tertiary/aromatic N) is 2. The van der Waals surface area contributed by atoms with Crippen LogP contribution >= 0.6 is 11.6 Å². The van der Waals surface area contributed by atoms with Crippen LogP contribution in [0.3, 0.4) is 0 Å². The largest absolute Gasteiger partial charge is 0.384 e. The summed E-state index contributed by atoms with van der Waals surface area (Å²) in [6.45, 7) is 5.17. The molecular formula is C13H20ClN3. The Hall–Kier alpha value is -0.800. The van der Waals surface area contributed by atoms with Gasteiger partial charge in [0.15, 0.2) is 0 Å².